The molecule has 0 N–H and O–H groups in total. The van der Waals surface area contributed by atoms with Crippen molar-refractivity contribution in [2.45, 2.75) is 45.4 Å². The Morgan fingerprint density at radius 3 is 2.16 bits per heavy atom. The molecule has 0 radical (unpaired) electrons. The zero-order valence-electron chi connectivity index (χ0n) is 19.4. The first-order valence-electron chi connectivity index (χ1n) is 11.2. The van der Waals surface area contributed by atoms with Crippen molar-refractivity contribution in [2.75, 3.05) is 0 Å². The minimum absolute atomic E-state index is 0.0894. The first kappa shape index (κ1) is 20.5. The maximum absolute atomic E-state index is 6.27. The predicted octanol–water partition coefficient (Wildman–Crippen LogP) is 8.27. The molecule has 0 bridgehead atoms. The van der Waals surface area contributed by atoms with E-state index in [1.165, 1.54) is 16.7 Å². The van der Waals surface area contributed by atoms with E-state index in [1.807, 2.05) is 6.20 Å². The quantitative estimate of drug-likeness (QED) is 0.294. The average molecular weight is 420 g/mol. The topological polar surface area (TPSA) is 26.0 Å². The van der Waals surface area contributed by atoms with Gasteiger partial charge in [-0.05, 0) is 58.5 Å². The number of rotatable bonds is 3. The molecule has 2 heterocycles. The van der Waals surface area contributed by atoms with Crippen LogP contribution in [-0.2, 0) is 10.8 Å². The molecule has 0 unspecified atom stereocenters. The maximum atomic E-state index is 6.27. The molecule has 0 spiro atoms. The standard InChI is InChI=1S/C30H29NO/c1-29(2,3)22-15-16-31-26(18-22)20-11-14-27-25(17-20)24-13-12-23(19-28(24)32-27)30(4,5)21-9-7-6-8-10-21/h6-19H,1-5H3. The van der Waals surface area contributed by atoms with Crippen molar-refractivity contribution in [3.05, 3.63) is 102 Å². The number of benzene rings is 3. The van der Waals surface area contributed by atoms with E-state index in [2.05, 4.69) is 118 Å². The van der Waals surface area contributed by atoms with Gasteiger partial charge in [-0.25, -0.2) is 0 Å². The third-order valence-corrected chi connectivity index (χ3v) is 6.61. The molecular formula is C30H29NO. The van der Waals surface area contributed by atoms with Crippen LogP contribution in [0.25, 0.3) is 33.2 Å². The smallest absolute Gasteiger partial charge is 0.135 e. The molecule has 5 aromatic rings. The van der Waals surface area contributed by atoms with Gasteiger partial charge in [0.1, 0.15) is 11.2 Å². The van der Waals surface area contributed by atoms with E-state index in [0.717, 1.165) is 33.2 Å². The Balaban J connectivity index is 1.60. The van der Waals surface area contributed by atoms with E-state index < -0.39 is 0 Å². The number of hydrogen-bond donors (Lipinski definition) is 0. The van der Waals surface area contributed by atoms with Crippen LogP contribution in [0.1, 0.15) is 51.3 Å². The molecule has 3 aromatic carbocycles. The van der Waals surface area contributed by atoms with E-state index in [0.29, 0.717) is 0 Å². The fourth-order valence-electron chi connectivity index (χ4n) is 4.40. The number of pyridine rings is 1. The van der Waals surface area contributed by atoms with Gasteiger partial charge < -0.3 is 4.42 Å². The van der Waals surface area contributed by atoms with Crippen molar-refractivity contribution in [3.8, 4) is 11.3 Å². The van der Waals surface area contributed by atoms with Crippen LogP contribution in [0.3, 0.4) is 0 Å². The molecule has 0 saturated carbocycles. The van der Waals surface area contributed by atoms with Gasteiger partial charge in [-0.3, -0.25) is 4.98 Å². The monoisotopic (exact) mass is 419 g/mol. The number of fused-ring (bicyclic) bond motifs is 3. The van der Waals surface area contributed by atoms with E-state index in [9.17, 15) is 0 Å². The summed E-state index contributed by atoms with van der Waals surface area (Å²) in [6.07, 6.45) is 1.91. The number of hydrogen-bond acceptors (Lipinski definition) is 2. The zero-order chi connectivity index (χ0) is 22.5. The zero-order valence-corrected chi connectivity index (χ0v) is 19.4. The third-order valence-electron chi connectivity index (χ3n) is 6.61. The second-order valence-electron chi connectivity index (χ2n) is 10.2. The Labute approximate surface area is 189 Å². The molecular weight excluding hydrogens is 390 g/mol. The summed E-state index contributed by atoms with van der Waals surface area (Å²) >= 11 is 0. The molecule has 5 rings (SSSR count). The SMILES string of the molecule is CC(C)(C)c1ccnc(-c2ccc3oc4cc(C(C)(C)c5ccccc5)ccc4c3c2)c1. The van der Waals surface area contributed by atoms with Crippen LogP contribution >= 0.6 is 0 Å². The lowest BCUT2D eigenvalue weighted by Gasteiger charge is -2.26. The van der Waals surface area contributed by atoms with Crippen molar-refractivity contribution in [3.63, 3.8) is 0 Å². The molecule has 0 aliphatic rings. The Bertz CT molecular complexity index is 1420. The minimum Gasteiger partial charge on any atom is -0.456 e. The summed E-state index contributed by atoms with van der Waals surface area (Å²) in [7, 11) is 0. The van der Waals surface area contributed by atoms with Crippen LogP contribution in [0.5, 0.6) is 0 Å². The van der Waals surface area contributed by atoms with E-state index >= 15 is 0 Å². The van der Waals surface area contributed by atoms with Gasteiger partial charge in [-0.2, -0.15) is 0 Å². The Morgan fingerprint density at radius 1 is 0.625 bits per heavy atom. The first-order valence-corrected chi connectivity index (χ1v) is 11.2. The lowest BCUT2D eigenvalue weighted by Crippen LogP contribution is -2.18. The summed E-state index contributed by atoms with van der Waals surface area (Å²) < 4.78 is 6.27. The van der Waals surface area contributed by atoms with Crippen LogP contribution < -0.4 is 0 Å². The summed E-state index contributed by atoms with van der Waals surface area (Å²) in [5.41, 5.74) is 7.75. The molecule has 32 heavy (non-hydrogen) atoms. The van der Waals surface area contributed by atoms with Crippen LogP contribution in [0.15, 0.2) is 89.5 Å². The fourth-order valence-corrected chi connectivity index (χ4v) is 4.40. The van der Waals surface area contributed by atoms with Gasteiger partial charge in [0.25, 0.3) is 0 Å². The largest absolute Gasteiger partial charge is 0.456 e. The normalized spacial score (nSPS) is 12.5. The molecule has 0 aliphatic heterocycles. The average Bonchev–Trinajstić information content (AvgIpc) is 3.16. The van der Waals surface area contributed by atoms with Gasteiger partial charge in [0, 0.05) is 27.9 Å². The van der Waals surface area contributed by atoms with Gasteiger partial charge in [0.05, 0.1) is 5.69 Å². The Kier molecular flexibility index (Phi) is 4.70. The summed E-state index contributed by atoms with van der Waals surface area (Å²) in [4.78, 5) is 4.64. The van der Waals surface area contributed by atoms with Gasteiger partial charge in [-0.1, -0.05) is 77.1 Å². The number of nitrogens with zero attached hydrogens (tertiary/aromatic N) is 1. The highest BCUT2D eigenvalue weighted by Gasteiger charge is 2.24. The van der Waals surface area contributed by atoms with Gasteiger partial charge in [-0.15, -0.1) is 0 Å². The Hall–Kier alpha value is -3.39. The van der Waals surface area contributed by atoms with Crippen molar-refractivity contribution >= 4 is 21.9 Å². The minimum atomic E-state index is -0.100. The molecule has 0 fully saturated rings. The molecule has 2 nitrogen and oxygen atoms in total. The lowest BCUT2D eigenvalue weighted by atomic mass is 9.78. The Morgan fingerprint density at radius 2 is 1.41 bits per heavy atom. The van der Waals surface area contributed by atoms with Crippen molar-refractivity contribution in [1.29, 1.82) is 0 Å². The highest BCUT2D eigenvalue weighted by molar-refractivity contribution is 6.06. The predicted molar refractivity (Wildman–Crippen MR) is 134 cm³/mol. The number of furan rings is 1. The molecule has 2 aromatic heterocycles. The van der Waals surface area contributed by atoms with Crippen molar-refractivity contribution in [1.82, 2.24) is 4.98 Å². The highest BCUT2D eigenvalue weighted by atomic mass is 16.3. The second-order valence-corrected chi connectivity index (χ2v) is 10.2. The third kappa shape index (κ3) is 3.50. The summed E-state index contributed by atoms with van der Waals surface area (Å²) in [5.74, 6) is 0. The summed E-state index contributed by atoms with van der Waals surface area (Å²) in [5, 5.41) is 2.27. The van der Waals surface area contributed by atoms with E-state index in [4.69, 9.17) is 4.42 Å². The van der Waals surface area contributed by atoms with Crippen LogP contribution in [0.4, 0.5) is 0 Å². The first-order chi connectivity index (χ1) is 15.2. The molecule has 0 saturated heterocycles. The van der Waals surface area contributed by atoms with Crippen molar-refractivity contribution < 1.29 is 4.42 Å². The van der Waals surface area contributed by atoms with Crippen LogP contribution in [0, 0.1) is 0 Å². The van der Waals surface area contributed by atoms with Gasteiger partial charge in [0.2, 0.25) is 0 Å². The molecule has 0 aliphatic carbocycles. The summed E-state index contributed by atoms with van der Waals surface area (Å²) in [6, 6.07) is 27.9. The molecule has 0 amide bonds. The van der Waals surface area contributed by atoms with Gasteiger partial charge >= 0.3 is 0 Å². The highest BCUT2D eigenvalue weighted by Crippen LogP contribution is 2.37. The molecule has 2 heteroatoms. The molecule has 0 atom stereocenters. The lowest BCUT2D eigenvalue weighted by molar-refractivity contribution is 0.589. The maximum Gasteiger partial charge on any atom is 0.135 e. The van der Waals surface area contributed by atoms with Crippen molar-refractivity contribution in [2.24, 2.45) is 0 Å². The fraction of sp³-hybridized carbons (Fsp3) is 0.233. The van der Waals surface area contributed by atoms with Gasteiger partial charge in [0.15, 0.2) is 0 Å². The molecule has 160 valence electrons. The number of aromatic nitrogens is 1. The van der Waals surface area contributed by atoms with E-state index in [-0.39, 0.29) is 10.8 Å². The second kappa shape index (κ2) is 7.34. The summed E-state index contributed by atoms with van der Waals surface area (Å²) in [6.45, 7) is 11.2. The van der Waals surface area contributed by atoms with Crippen LogP contribution in [0.2, 0.25) is 0 Å². The van der Waals surface area contributed by atoms with E-state index in [1.54, 1.807) is 0 Å². The van der Waals surface area contributed by atoms with Crippen LogP contribution in [-0.4, -0.2) is 4.98 Å².